The van der Waals surface area contributed by atoms with Gasteiger partial charge in [-0.3, -0.25) is 0 Å². The van der Waals surface area contributed by atoms with Crippen molar-refractivity contribution in [1.29, 1.82) is 0 Å². The van der Waals surface area contributed by atoms with Crippen LogP contribution in [0.3, 0.4) is 0 Å². The van der Waals surface area contributed by atoms with Crippen LogP contribution in [0.2, 0.25) is 5.02 Å². The summed E-state index contributed by atoms with van der Waals surface area (Å²) in [7, 11) is 2.28. The van der Waals surface area contributed by atoms with Gasteiger partial charge in [0.05, 0.1) is 0 Å². The Labute approximate surface area is 221 Å². The Hall–Kier alpha value is -1.49. The van der Waals surface area contributed by atoms with E-state index < -0.39 is 0 Å². The maximum atomic E-state index is 6.04. The van der Waals surface area contributed by atoms with Crippen LogP contribution in [0.25, 0.3) is 0 Å². The van der Waals surface area contributed by atoms with Gasteiger partial charge in [-0.05, 0) is 131 Å². The van der Waals surface area contributed by atoms with Crippen molar-refractivity contribution in [2.24, 2.45) is 23.2 Å². The first-order chi connectivity index (χ1) is 17.0. The molecule has 192 valence electrons. The lowest BCUT2D eigenvalue weighted by Gasteiger charge is -2.38. The van der Waals surface area contributed by atoms with Gasteiger partial charge in [-0.2, -0.15) is 0 Å². The van der Waals surface area contributed by atoms with E-state index in [0.29, 0.717) is 5.92 Å². The van der Waals surface area contributed by atoms with E-state index in [4.69, 9.17) is 18.0 Å². The highest BCUT2D eigenvalue weighted by atomic mass is 35.5. The van der Waals surface area contributed by atoms with Crippen LogP contribution in [-0.4, -0.2) is 25.0 Å². The molecular formula is C33H48ClN. The minimum absolute atomic E-state index is 0.406. The molecule has 1 heterocycles. The van der Waals surface area contributed by atoms with Crippen molar-refractivity contribution in [3.8, 4) is 12.3 Å². The zero-order chi connectivity index (χ0) is 25.1. The van der Waals surface area contributed by atoms with Crippen LogP contribution in [0.5, 0.6) is 0 Å². The first kappa shape index (κ1) is 28.1. The molecule has 4 rings (SSSR count). The topological polar surface area (TPSA) is 3.24 Å². The van der Waals surface area contributed by atoms with E-state index in [1.54, 1.807) is 0 Å². The van der Waals surface area contributed by atoms with E-state index in [1.807, 2.05) is 6.07 Å². The minimum Gasteiger partial charge on any atom is -0.306 e. The molecule has 1 aromatic carbocycles. The van der Waals surface area contributed by atoms with E-state index in [0.717, 1.165) is 54.4 Å². The molecule has 0 aromatic heterocycles. The Kier molecular flexibility index (Phi) is 11.5. The molecule has 1 saturated carbocycles. The lowest BCUT2D eigenvalue weighted by molar-refractivity contribution is 0.122. The highest BCUT2D eigenvalue weighted by molar-refractivity contribution is 6.30. The first-order valence-corrected chi connectivity index (χ1v) is 14.6. The quantitative estimate of drug-likeness (QED) is 0.326. The van der Waals surface area contributed by atoms with Crippen molar-refractivity contribution in [2.75, 3.05) is 20.1 Å². The van der Waals surface area contributed by atoms with Gasteiger partial charge >= 0.3 is 0 Å². The number of benzene rings is 1. The largest absolute Gasteiger partial charge is 0.306 e. The molecule has 0 amide bonds. The number of piperidine rings is 1. The van der Waals surface area contributed by atoms with Crippen molar-refractivity contribution >= 4 is 11.6 Å². The zero-order valence-electron chi connectivity index (χ0n) is 22.6. The number of likely N-dealkylation sites (tertiary alicyclic amines) is 1. The summed E-state index contributed by atoms with van der Waals surface area (Å²) >= 11 is 6.04. The van der Waals surface area contributed by atoms with Gasteiger partial charge in [0.1, 0.15) is 0 Å². The molecular weight excluding hydrogens is 446 g/mol. The number of rotatable bonds is 8. The van der Waals surface area contributed by atoms with Crippen LogP contribution in [-0.2, 0) is 12.8 Å². The third-order valence-electron chi connectivity index (χ3n) is 8.74. The van der Waals surface area contributed by atoms with Crippen LogP contribution in [0.15, 0.2) is 42.5 Å². The summed E-state index contributed by atoms with van der Waals surface area (Å²) in [5.41, 5.74) is 3.49. The van der Waals surface area contributed by atoms with Crippen molar-refractivity contribution in [3.63, 3.8) is 0 Å². The summed E-state index contributed by atoms with van der Waals surface area (Å²) in [6.07, 6.45) is 30.4. The van der Waals surface area contributed by atoms with Gasteiger partial charge in [-0.1, -0.05) is 62.2 Å². The number of aryl methyl sites for hydroxylation is 2. The third kappa shape index (κ3) is 8.84. The summed E-state index contributed by atoms with van der Waals surface area (Å²) < 4.78 is 0. The Balaban J connectivity index is 0.000000196. The van der Waals surface area contributed by atoms with Gasteiger partial charge in [0, 0.05) is 10.9 Å². The van der Waals surface area contributed by atoms with Gasteiger partial charge in [-0.25, -0.2) is 0 Å². The van der Waals surface area contributed by atoms with E-state index in [9.17, 15) is 0 Å². The molecule has 2 aliphatic carbocycles. The number of hydrogen-bond acceptors (Lipinski definition) is 1. The smallest absolute Gasteiger partial charge is 0.0408 e. The fraction of sp³-hybridized carbons (Fsp3) is 0.636. The third-order valence-corrected chi connectivity index (χ3v) is 8.98. The lowest BCUT2D eigenvalue weighted by Crippen LogP contribution is -2.36. The zero-order valence-corrected chi connectivity index (χ0v) is 23.3. The molecule has 0 radical (unpaired) electrons. The van der Waals surface area contributed by atoms with E-state index in [2.05, 4.69) is 68.2 Å². The van der Waals surface area contributed by atoms with Crippen molar-refractivity contribution in [1.82, 2.24) is 4.90 Å². The predicted octanol–water partition coefficient (Wildman–Crippen LogP) is 8.91. The average Bonchev–Trinajstić information content (AvgIpc) is 3.27. The maximum absolute atomic E-state index is 6.04. The SMILES string of the molecule is C#CC(CCC)CCc1cc(Cl)ccc1CC.CN1CCC2(CCC(CC3C=CC=CC3)C2)CC1. The van der Waals surface area contributed by atoms with Crippen molar-refractivity contribution < 1.29 is 0 Å². The Bertz CT molecular complexity index is 868. The molecule has 1 saturated heterocycles. The van der Waals surface area contributed by atoms with Crippen LogP contribution < -0.4 is 0 Å². The Morgan fingerprint density at radius 2 is 1.91 bits per heavy atom. The van der Waals surface area contributed by atoms with Gasteiger partial charge in [0.2, 0.25) is 0 Å². The fourth-order valence-corrected chi connectivity index (χ4v) is 6.67. The number of allylic oxidation sites excluding steroid dienone is 4. The van der Waals surface area contributed by atoms with Gasteiger partial charge in [0.15, 0.2) is 0 Å². The number of terminal acetylenes is 1. The second-order valence-electron chi connectivity index (χ2n) is 11.4. The molecule has 3 atom stereocenters. The maximum Gasteiger partial charge on any atom is 0.0408 e. The molecule has 0 bridgehead atoms. The second-order valence-corrected chi connectivity index (χ2v) is 11.9. The molecule has 1 nitrogen and oxygen atoms in total. The van der Waals surface area contributed by atoms with Crippen LogP contribution in [0.1, 0.15) is 89.2 Å². The molecule has 2 fully saturated rings. The number of nitrogens with zero attached hydrogens (tertiary/aromatic N) is 1. The Morgan fingerprint density at radius 3 is 2.57 bits per heavy atom. The van der Waals surface area contributed by atoms with Crippen LogP contribution in [0, 0.1) is 35.5 Å². The molecule has 1 aromatic rings. The molecule has 3 unspecified atom stereocenters. The lowest BCUT2D eigenvalue weighted by atomic mass is 9.75. The monoisotopic (exact) mass is 493 g/mol. The van der Waals surface area contributed by atoms with Crippen LogP contribution in [0.4, 0.5) is 0 Å². The average molecular weight is 494 g/mol. The fourth-order valence-electron chi connectivity index (χ4n) is 6.47. The highest BCUT2D eigenvalue weighted by Crippen LogP contribution is 2.50. The summed E-state index contributed by atoms with van der Waals surface area (Å²) in [6.45, 7) is 7.02. The molecule has 2 heteroatoms. The van der Waals surface area contributed by atoms with Crippen molar-refractivity contribution in [2.45, 2.75) is 90.9 Å². The first-order valence-electron chi connectivity index (χ1n) is 14.2. The van der Waals surface area contributed by atoms with E-state index in [-0.39, 0.29) is 0 Å². The van der Waals surface area contributed by atoms with Gasteiger partial charge < -0.3 is 4.90 Å². The Morgan fingerprint density at radius 1 is 1.11 bits per heavy atom. The van der Waals surface area contributed by atoms with E-state index >= 15 is 0 Å². The number of hydrogen-bond donors (Lipinski definition) is 0. The molecule has 35 heavy (non-hydrogen) atoms. The predicted molar refractivity (Wildman–Crippen MR) is 154 cm³/mol. The van der Waals surface area contributed by atoms with Crippen LogP contribution >= 0.6 is 11.6 Å². The summed E-state index contributed by atoms with van der Waals surface area (Å²) in [6, 6.07) is 6.18. The normalized spacial score (nSPS) is 24.1. The molecule has 0 N–H and O–H groups in total. The van der Waals surface area contributed by atoms with Gasteiger partial charge in [-0.15, -0.1) is 12.3 Å². The standard InChI is InChI=1S/C17H27N.C16H21Cl/c1-18-11-9-17(10-12-18)8-7-16(14-17)13-15-5-3-2-4-6-15;1-4-7-13(5-2)8-9-15-12-16(17)11-10-14(15)6-3/h2-5,15-16H,6-14H2,1H3;2,10-13H,4,6-9H2,1,3H3. The molecule has 1 spiro atoms. The summed E-state index contributed by atoms with van der Waals surface area (Å²) in [4.78, 5) is 2.51. The van der Waals surface area contributed by atoms with Crippen molar-refractivity contribution in [3.05, 3.63) is 58.7 Å². The summed E-state index contributed by atoms with van der Waals surface area (Å²) in [5, 5.41) is 0.824. The summed E-state index contributed by atoms with van der Waals surface area (Å²) in [5.74, 6) is 5.14. The van der Waals surface area contributed by atoms with Gasteiger partial charge in [0.25, 0.3) is 0 Å². The number of halogens is 1. The highest BCUT2D eigenvalue weighted by Gasteiger charge is 2.40. The van der Waals surface area contributed by atoms with E-state index in [1.165, 1.54) is 69.2 Å². The molecule has 1 aliphatic heterocycles. The minimum atomic E-state index is 0.406. The molecule has 3 aliphatic rings. The second kappa shape index (κ2) is 14.3.